The van der Waals surface area contributed by atoms with Crippen LogP contribution in [0, 0.1) is 6.92 Å². The Morgan fingerprint density at radius 2 is 2.30 bits per heavy atom. The van der Waals surface area contributed by atoms with Crippen LogP contribution in [0.3, 0.4) is 0 Å². The van der Waals surface area contributed by atoms with Crippen LogP contribution in [-0.4, -0.2) is 52.4 Å². The van der Waals surface area contributed by atoms with E-state index in [1.165, 1.54) is 0 Å². The quantitative estimate of drug-likeness (QED) is 0.919. The zero-order chi connectivity index (χ0) is 14.1. The summed E-state index contributed by atoms with van der Waals surface area (Å²) in [5, 5.41) is 3.96. The third-order valence-corrected chi connectivity index (χ3v) is 4.72. The van der Waals surface area contributed by atoms with Gasteiger partial charge in [-0.2, -0.15) is 11.3 Å². The smallest absolute Gasteiger partial charge is 0.255 e. The number of imidazole rings is 1. The molecule has 20 heavy (non-hydrogen) atoms. The van der Waals surface area contributed by atoms with Gasteiger partial charge in [0.1, 0.15) is 5.82 Å². The fraction of sp³-hybridized carbons (Fsp3) is 0.429. The molecule has 6 heteroatoms. The zero-order valence-corrected chi connectivity index (χ0v) is 12.5. The molecular formula is C14H18N4OS. The van der Waals surface area contributed by atoms with Crippen molar-refractivity contribution in [1.82, 2.24) is 19.8 Å². The van der Waals surface area contributed by atoms with Gasteiger partial charge in [-0.3, -0.25) is 9.69 Å². The molecule has 0 aromatic carbocycles. The number of aromatic amines is 1. The van der Waals surface area contributed by atoms with Crippen molar-refractivity contribution in [3.05, 3.63) is 40.1 Å². The van der Waals surface area contributed by atoms with E-state index >= 15 is 0 Å². The molecule has 0 bridgehead atoms. The molecule has 1 aliphatic rings. The molecular weight excluding hydrogens is 272 g/mol. The molecule has 0 spiro atoms. The molecule has 1 fully saturated rings. The molecule has 1 amide bonds. The lowest BCUT2D eigenvalue weighted by Crippen LogP contribution is -2.49. The van der Waals surface area contributed by atoms with Crippen LogP contribution in [0.4, 0.5) is 0 Å². The number of thiophene rings is 1. The first-order valence-electron chi connectivity index (χ1n) is 6.68. The fourth-order valence-corrected chi connectivity index (χ4v) is 3.39. The van der Waals surface area contributed by atoms with Crippen molar-refractivity contribution in [3.8, 4) is 0 Å². The Morgan fingerprint density at radius 1 is 1.45 bits per heavy atom. The van der Waals surface area contributed by atoms with Crippen LogP contribution in [0.1, 0.15) is 27.8 Å². The summed E-state index contributed by atoms with van der Waals surface area (Å²) in [6.45, 7) is 4.30. The normalized spacial score (nSPS) is 20.3. The number of hydrogen-bond acceptors (Lipinski definition) is 4. The summed E-state index contributed by atoms with van der Waals surface area (Å²) in [6, 6.07) is 0.140. The highest BCUT2D eigenvalue weighted by Crippen LogP contribution is 2.24. The van der Waals surface area contributed by atoms with Crippen LogP contribution < -0.4 is 0 Å². The summed E-state index contributed by atoms with van der Waals surface area (Å²) in [5.41, 5.74) is 1.89. The Hall–Kier alpha value is -1.66. The predicted octanol–water partition coefficient (Wildman–Crippen LogP) is 1.91. The van der Waals surface area contributed by atoms with Gasteiger partial charge in [0, 0.05) is 37.4 Å². The van der Waals surface area contributed by atoms with E-state index in [1.807, 2.05) is 28.8 Å². The maximum Gasteiger partial charge on any atom is 0.255 e. The molecule has 0 saturated carbocycles. The average Bonchev–Trinajstić information content (AvgIpc) is 3.09. The van der Waals surface area contributed by atoms with Gasteiger partial charge in [-0.15, -0.1) is 0 Å². The summed E-state index contributed by atoms with van der Waals surface area (Å²) in [7, 11) is 2.07. The van der Waals surface area contributed by atoms with Gasteiger partial charge in [0.05, 0.1) is 11.6 Å². The third-order valence-electron chi connectivity index (χ3n) is 3.86. The van der Waals surface area contributed by atoms with E-state index in [9.17, 15) is 4.79 Å². The standard InChI is InChI=1S/C14H18N4OS/c1-10-8-20-9-11(10)14(19)18-6-5-17(2)12(7-18)13-15-3-4-16-13/h3-4,8-9,12H,5-7H2,1-2H3,(H,15,16)/t12-/m0/s1. The van der Waals surface area contributed by atoms with Gasteiger partial charge in [0.15, 0.2) is 0 Å². The number of aryl methyl sites for hydroxylation is 1. The predicted molar refractivity (Wildman–Crippen MR) is 78.9 cm³/mol. The van der Waals surface area contributed by atoms with Crippen molar-refractivity contribution in [3.63, 3.8) is 0 Å². The molecule has 1 N–H and O–H groups in total. The number of amides is 1. The maximum atomic E-state index is 12.6. The van der Waals surface area contributed by atoms with Gasteiger partial charge in [-0.25, -0.2) is 4.98 Å². The fourth-order valence-electron chi connectivity index (χ4n) is 2.56. The van der Waals surface area contributed by atoms with E-state index in [0.29, 0.717) is 6.54 Å². The molecule has 2 aromatic rings. The van der Waals surface area contributed by atoms with E-state index in [2.05, 4.69) is 21.9 Å². The highest BCUT2D eigenvalue weighted by molar-refractivity contribution is 7.08. The van der Waals surface area contributed by atoms with E-state index in [0.717, 1.165) is 30.0 Å². The Labute approximate surface area is 122 Å². The third kappa shape index (κ3) is 2.36. The summed E-state index contributed by atoms with van der Waals surface area (Å²) in [4.78, 5) is 24.2. The molecule has 5 nitrogen and oxygen atoms in total. The van der Waals surface area contributed by atoms with Crippen molar-refractivity contribution in [2.24, 2.45) is 0 Å². The van der Waals surface area contributed by atoms with Gasteiger partial charge in [0.2, 0.25) is 0 Å². The van der Waals surface area contributed by atoms with Crippen molar-refractivity contribution in [2.75, 3.05) is 26.7 Å². The highest BCUT2D eigenvalue weighted by Gasteiger charge is 2.30. The number of carbonyl (C=O) groups is 1. The minimum Gasteiger partial charge on any atom is -0.347 e. The molecule has 1 saturated heterocycles. The Balaban J connectivity index is 1.79. The van der Waals surface area contributed by atoms with Crippen molar-refractivity contribution in [2.45, 2.75) is 13.0 Å². The minimum atomic E-state index is 0.133. The van der Waals surface area contributed by atoms with Crippen LogP contribution >= 0.6 is 11.3 Å². The van der Waals surface area contributed by atoms with Crippen LogP contribution in [0.2, 0.25) is 0 Å². The summed E-state index contributed by atoms with van der Waals surface area (Å²) in [5.74, 6) is 1.06. The summed E-state index contributed by atoms with van der Waals surface area (Å²) in [6.07, 6.45) is 3.58. The van der Waals surface area contributed by atoms with Crippen molar-refractivity contribution >= 4 is 17.2 Å². The van der Waals surface area contributed by atoms with E-state index in [4.69, 9.17) is 0 Å². The van der Waals surface area contributed by atoms with E-state index in [-0.39, 0.29) is 11.9 Å². The van der Waals surface area contributed by atoms with E-state index < -0.39 is 0 Å². The first-order chi connectivity index (χ1) is 9.66. The molecule has 2 aromatic heterocycles. The second kappa shape index (κ2) is 5.38. The molecule has 106 valence electrons. The summed E-state index contributed by atoms with van der Waals surface area (Å²) < 4.78 is 0. The number of likely N-dealkylation sites (N-methyl/N-ethyl adjacent to an activating group) is 1. The lowest BCUT2D eigenvalue weighted by atomic mass is 10.1. The highest BCUT2D eigenvalue weighted by atomic mass is 32.1. The number of piperazine rings is 1. The van der Waals surface area contributed by atoms with Crippen LogP contribution in [0.25, 0.3) is 0 Å². The SMILES string of the molecule is Cc1cscc1C(=O)N1CCN(C)[C@H](c2ncc[nH]2)C1. The number of hydrogen-bond donors (Lipinski definition) is 1. The number of nitrogens with one attached hydrogen (secondary N) is 1. The van der Waals surface area contributed by atoms with Gasteiger partial charge in [0.25, 0.3) is 5.91 Å². The lowest BCUT2D eigenvalue weighted by Gasteiger charge is -2.38. The maximum absolute atomic E-state index is 12.6. The first kappa shape index (κ1) is 13.3. The Kier molecular flexibility index (Phi) is 3.58. The molecule has 3 heterocycles. The molecule has 0 aliphatic carbocycles. The number of rotatable bonds is 2. The number of nitrogens with zero attached hydrogens (tertiary/aromatic N) is 3. The number of aromatic nitrogens is 2. The number of carbonyl (C=O) groups excluding carboxylic acids is 1. The van der Waals surface area contributed by atoms with Gasteiger partial charge in [-0.05, 0) is 24.9 Å². The second-order valence-electron chi connectivity index (χ2n) is 5.19. The van der Waals surface area contributed by atoms with Crippen molar-refractivity contribution < 1.29 is 4.79 Å². The van der Waals surface area contributed by atoms with E-state index in [1.54, 1.807) is 17.5 Å². The second-order valence-corrected chi connectivity index (χ2v) is 5.93. The Bertz CT molecular complexity index is 592. The largest absolute Gasteiger partial charge is 0.347 e. The minimum absolute atomic E-state index is 0.133. The first-order valence-corrected chi connectivity index (χ1v) is 7.62. The Morgan fingerprint density at radius 3 is 2.95 bits per heavy atom. The molecule has 3 rings (SSSR count). The van der Waals surface area contributed by atoms with Crippen LogP contribution in [0.5, 0.6) is 0 Å². The summed E-state index contributed by atoms with van der Waals surface area (Å²) >= 11 is 1.58. The van der Waals surface area contributed by atoms with Gasteiger partial charge >= 0.3 is 0 Å². The van der Waals surface area contributed by atoms with Gasteiger partial charge < -0.3 is 9.88 Å². The topological polar surface area (TPSA) is 52.2 Å². The molecule has 0 unspecified atom stereocenters. The van der Waals surface area contributed by atoms with Gasteiger partial charge in [-0.1, -0.05) is 0 Å². The monoisotopic (exact) mass is 290 g/mol. The zero-order valence-electron chi connectivity index (χ0n) is 11.7. The molecule has 0 radical (unpaired) electrons. The average molecular weight is 290 g/mol. The van der Waals surface area contributed by atoms with Crippen LogP contribution in [0.15, 0.2) is 23.2 Å². The molecule has 1 aliphatic heterocycles. The van der Waals surface area contributed by atoms with Crippen molar-refractivity contribution in [1.29, 1.82) is 0 Å². The van der Waals surface area contributed by atoms with Crippen LogP contribution in [-0.2, 0) is 0 Å². The lowest BCUT2D eigenvalue weighted by molar-refractivity contribution is 0.0534. The molecule has 1 atom stereocenters. The number of H-pyrrole nitrogens is 1.